The van der Waals surface area contributed by atoms with Gasteiger partial charge in [0.1, 0.15) is 4.88 Å². The van der Waals surface area contributed by atoms with Crippen LogP contribution in [0.4, 0.5) is 0 Å². The summed E-state index contributed by atoms with van der Waals surface area (Å²) in [5.41, 5.74) is 2.12. The first kappa shape index (κ1) is 15.1. The van der Waals surface area contributed by atoms with Crippen LogP contribution in [0.3, 0.4) is 0 Å². The third kappa shape index (κ3) is 3.51. The van der Waals surface area contributed by atoms with Crippen LogP contribution < -0.4 is 5.32 Å². The summed E-state index contributed by atoms with van der Waals surface area (Å²) in [6.07, 6.45) is 1.19. The van der Waals surface area contributed by atoms with Gasteiger partial charge < -0.3 is 10.2 Å². The standard InChI is InChI=1S/C16H20N4OS/c1-12-15(22-19-18-12)16(21)17-8-10-20-9-7-14(11-20)13-5-3-2-4-6-13/h2-6,14H,7-11H2,1H3,(H,17,21)/t14-/m1/s1. The fourth-order valence-corrected chi connectivity index (χ4v) is 3.45. The van der Waals surface area contributed by atoms with Crippen LogP contribution in [-0.2, 0) is 0 Å². The van der Waals surface area contributed by atoms with Crippen molar-refractivity contribution < 1.29 is 4.79 Å². The molecule has 1 aliphatic rings. The first-order chi connectivity index (χ1) is 10.7. The number of benzene rings is 1. The van der Waals surface area contributed by atoms with Crippen molar-refractivity contribution in [3.05, 3.63) is 46.5 Å². The zero-order chi connectivity index (χ0) is 15.4. The van der Waals surface area contributed by atoms with Gasteiger partial charge in [0.2, 0.25) is 0 Å². The van der Waals surface area contributed by atoms with E-state index in [-0.39, 0.29) is 5.91 Å². The van der Waals surface area contributed by atoms with Gasteiger partial charge in [0.25, 0.3) is 5.91 Å². The fourth-order valence-electron chi connectivity index (χ4n) is 2.88. The summed E-state index contributed by atoms with van der Waals surface area (Å²) in [4.78, 5) is 15.0. The molecule has 0 bridgehead atoms. The molecule has 0 saturated carbocycles. The fraction of sp³-hybridized carbons (Fsp3) is 0.438. The normalized spacial score (nSPS) is 18.5. The van der Waals surface area contributed by atoms with Crippen LogP contribution in [0.1, 0.15) is 33.3 Å². The van der Waals surface area contributed by atoms with E-state index in [0.29, 0.717) is 23.0 Å². The Kier molecular flexibility index (Phi) is 4.80. The molecule has 1 saturated heterocycles. The van der Waals surface area contributed by atoms with Crippen LogP contribution in [0.5, 0.6) is 0 Å². The molecule has 0 aliphatic carbocycles. The summed E-state index contributed by atoms with van der Waals surface area (Å²) in [5.74, 6) is 0.552. The van der Waals surface area contributed by atoms with Gasteiger partial charge in [0.15, 0.2) is 0 Å². The zero-order valence-electron chi connectivity index (χ0n) is 12.7. The molecule has 2 aromatic rings. The second-order valence-electron chi connectivity index (χ2n) is 5.64. The lowest BCUT2D eigenvalue weighted by atomic mass is 9.99. The lowest BCUT2D eigenvalue weighted by Crippen LogP contribution is -2.33. The average Bonchev–Trinajstić information content (AvgIpc) is 3.17. The average molecular weight is 316 g/mol. The molecule has 1 atom stereocenters. The molecule has 22 heavy (non-hydrogen) atoms. The van der Waals surface area contributed by atoms with Crippen molar-refractivity contribution in [3.8, 4) is 0 Å². The quantitative estimate of drug-likeness (QED) is 0.917. The Morgan fingerprint density at radius 1 is 1.41 bits per heavy atom. The number of aromatic nitrogens is 2. The summed E-state index contributed by atoms with van der Waals surface area (Å²) >= 11 is 1.15. The van der Waals surface area contributed by atoms with Gasteiger partial charge in [-0.1, -0.05) is 34.8 Å². The maximum atomic E-state index is 12.0. The topological polar surface area (TPSA) is 58.1 Å². The highest BCUT2D eigenvalue weighted by Crippen LogP contribution is 2.26. The summed E-state index contributed by atoms with van der Waals surface area (Å²) in [6.45, 7) is 5.53. The summed E-state index contributed by atoms with van der Waals surface area (Å²) in [7, 11) is 0. The molecule has 116 valence electrons. The van der Waals surface area contributed by atoms with E-state index in [2.05, 4.69) is 50.1 Å². The second kappa shape index (κ2) is 6.98. The third-order valence-corrected chi connectivity index (χ3v) is 4.94. The number of carbonyl (C=O) groups excluding carboxylic acids is 1. The molecule has 1 aromatic heterocycles. The number of nitrogens with one attached hydrogen (secondary N) is 1. The molecular formula is C16H20N4OS. The molecular weight excluding hydrogens is 296 g/mol. The van der Waals surface area contributed by atoms with Crippen molar-refractivity contribution in [2.45, 2.75) is 19.3 Å². The number of carbonyl (C=O) groups is 1. The van der Waals surface area contributed by atoms with Crippen LogP contribution in [0.2, 0.25) is 0 Å². The van der Waals surface area contributed by atoms with Gasteiger partial charge in [-0.05, 0) is 42.9 Å². The van der Waals surface area contributed by atoms with Crippen LogP contribution in [-0.4, -0.2) is 46.6 Å². The minimum Gasteiger partial charge on any atom is -0.350 e. The van der Waals surface area contributed by atoms with Crippen molar-refractivity contribution in [2.24, 2.45) is 0 Å². The summed E-state index contributed by atoms with van der Waals surface area (Å²) < 4.78 is 3.79. The first-order valence-corrected chi connectivity index (χ1v) is 8.36. The predicted molar refractivity (Wildman–Crippen MR) is 87.2 cm³/mol. The number of rotatable bonds is 5. The minimum absolute atomic E-state index is 0.0636. The SMILES string of the molecule is Cc1nnsc1C(=O)NCCN1CC[C@@H](c2ccccc2)C1. The summed E-state index contributed by atoms with van der Waals surface area (Å²) in [6, 6.07) is 10.7. The number of hydrogen-bond donors (Lipinski definition) is 1. The molecule has 1 aromatic carbocycles. The Bertz CT molecular complexity index is 628. The van der Waals surface area contributed by atoms with Crippen LogP contribution in [0.15, 0.2) is 30.3 Å². The molecule has 0 radical (unpaired) electrons. The molecule has 1 N–H and O–H groups in total. The van der Waals surface area contributed by atoms with E-state index in [1.807, 2.05) is 6.92 Å². The maximum absolute atomic E-state index is 12.0. The molecule has 2 heterocycles. The molecule has 1 amide bonds. The van der Waals surface area contributed by atoms with Gasteiger partial charge >= 0.3 is 0 Å². The largest absolute Gasteiger partial charge is 0.350 e. The number of amides is 1. The molecule has 0 unspecified atom stereocenters. The van der Waals surface area contributed by atoms with Gasteiger partial charge in [-0.3, -0.25) is 4.79 Å². The van der Waals surface area contributed by atoms with E-state index in [1.54, 1.807) is 0 Å². The highest BCUT2D eigenvalue weighted by molar-refractivity contribution is 7.07. The van der Waals surface area contributed by atoms with Crippen LogP contribution in [0.25, 0.3) is 0 Å². The number of nitrogens with zero attached hydrogens (tertiary/aromatic N) is 3. The Labute approximate surface area is 134 Å². The lowest BCUT2D eigenvalue weighted by molar-refractivity contribution is 0.0953. The molecule has 1 fully saturated rings. The van der Waals surface area contributed by atoms with E-state index in [1.165, 1.54) is 12.0 Å². The van der Waals surface area contributed by atoms with Crippen LogP contribution >= 0.6 is 11.5 Å². The van der Waals surface area contributed by atoms with E-state index in [0.717, 1.165) is 31.2 Å². The Hall–Kier alpha value is -1.79. The molecule has 0 spiro atoms. The molecule has 3 rings (SSSR count). The minimum atomic E-state index is -0.0636. The van der Waals surface area contributed by atoms with Crippen LogP contribution in [0, 0.1) is 6.92 Å². The van der Waals surface area contributed by atoms with Gasteiger partial charge in [-0.15, -0.1) is 5.10 Å². The third-order valence-electron chi connectivity index (χ3n) is 4.11. The van der Waals surface area contributed by atoms with Crippen molar-refractivity contribution in [1.82, 2.24) is 19.8 Å². The zero-order valence-corrected chi connectivity index (χ0v) is 13.5. The van der Waals surface area contributed by atoms with E-state index in [9.17, 15) is 4.79 Å². The van der Waals surface area contributed by atoms with Gasteiger partial charge in [0.05, 0.1) is 5.69 Å². The smallest absolute Gasteiger partial charge is 0.264 e. The van der Waals surface area contributed by atoms with Crippen molar-refractivity contribution >= 4 is 17.4 Å². The van der Waals surface area contributed by atoms with Gasteiger partial charge in [-0.2, -0.15) is 0 Å². The maximum Gasteiger partial charge on any atom is 0.264 e. The Morgan fingerprint density at radius 2 is 2.23 bits per heavy atom. The van der Waals surface area contributed by atoms with Crippen molar-refractivity contribution in [1.29, 1.82) is 0 Å². The van der Waals surface area contributed by atoms with Crippen molar-refractivity contribution in [2.75, 3.05) is 26.2 Å². The highest BCUT2D eigenvalue weighted by Gasteiger charge is 2.23. The summed E-state index contributed by atoms with van der Waals surface area (Å²) in [5, 5.41) is 6.82. The lowest BCUT2D eigenvalue weighted by Gasteiger charge is -2.16. The number of likely N-dealkylation sites (tertiary alicyclic amines) is 1. The second-order valence-corrected chi connectivity index (χ2v) is 6.39. The Balaban J connectivity index is 1.44. The van der Waals surface area contributed by atoms with Gasteiger partial charge in [0, 0.05) is 19.6 Å². The Morgan fingerprint density at radius 3 is 2.95 bits per heavy atom. The monoisotopic (exact) mass is 316 g/mol. The van der Waals surface area contributed by atoms with Gasteiger partial charge in [-0.25, -0.2) is 0 Å². The first-order valence-electron chi connectivity index (χ1n) is 7.58. The van der Waals surface area contributed by atoms with E-state index in [4.69, 9.17) is 0 Å². The van der Waals surface area contributed by atoms with Crippen molar-refractivity contribution in [3.63, 3.8) is 0 Å². The molecule has 5 nitrogen and oxygen atoms in total. The number of hydrogen-bond acceptors (Lipinski definition) is 5. The predicted octanol–water partition coefficient (Wildman–Crippen LogP) is 2.07. The van der Waals surface area contributed by atoms with E-state index >= 15 is 0 Å². The number of aryl methyl sites for hydroxylation is 1. The highest BCUT2D eigenvalue weighted by atomic mass is 32.1. The molecule has 6 heteroatoms. The molecule has 1 aliphatic heterocycles. The van der Waals surface area contributed by atoms with E-state index < -0.39 is 0 Å².